The maximum absolute atomic E-state index is 12.6. The van der Waals surface area contributed by atoms with E-state index in [1.165, 1.54) is 11.7 Å². The minimum atomic E-state index is -4.45. The summed E-state index contributed by atoms with van der Waals surface area (Å²) in [6.45, 7) is 0.335. The lowest BCUT2D eigenvalue weighted by molar-refractivity contribution is -0.119. The molecule has 2 aromatic heterocycles. The minimum absolute atomic E-state index is 0.0320. The Kier molecular flexibility index (Phi) is 3.52. The molecule has 0 saturated heterocycles. The van der Waals surface area contributed by atoms with Crippen molar-refractivity contribution >= 4 is 22.7 Å². The van der Waals surface area contributed by atoms with Crippen molar-refractivity contribution in [2.75, 3.05) is 18.5 Å². The zero-order valence-corrected chi connectivity index (χ0v) is 11.6. The van der Waals surface area contributed by atoms with E-state index in [0.29, 0.717) is 16.7 Å². The van der Waals surface area contributed by atoms with Crippen molar-refractivity contribution in [1.29, 1.82) is 0 Å². The standard InChI is InChI=1S/C12H13F3N4O2/c1-6-8-9(18(2)5-12(13,14)15)7(11(20)21)4-16-10(8)19(3)17-6/h4H,5H2,1-3H3,(H,20,21). The van der Waals surface area contributed by atoms with E-state index in [0.717, 1.165) is 11.1 Å². The first-order valence-corrected chi connectivity index (χ1v) is 5.95. The lowest BCUT2D eigenvalue weighted by atomic mass is 10.1. The van der Waals surface area contributed by atoms with E-state index in [4.69, 9.17) is 0 Å². The molecule has 9 heteroatoms. The third kappa shape index (κ3) is 2.76. The van der Waals surface area contributed by atoms with E-state index >= 15 is 0 Å². The molecule has 0 atom stereocenters. The van der Waals surface area contributed by atoms with E-state index in [1.54, 1.807) is 14.0 Å². The van der Waals surface area contributed by atoms with Crippen LogP contribution in [-0.4, -0.2) is 45.6 Å². The first-order chi connectivity index (χ1) is 9.61. The Morgan fingerprint density at radius 3 is 2.62 bits per heavy atom. The van der Waals surface area contributed by atoms with Crippen LogP contribution in [0.4, 0.5) is 18.9 Å². The average Bonchev–Trinajstić information content (AvgIpc) is 2.61. The minimum Gasteiger partial charge on any atom is -0.478 e. The second-order valence-corrected chi connectivity index (χ2v) is 4.70. The van der Waals surface area contributed by atoms with Gasteiger partial charge in [0.1, 0.15) is 12.1 Å². The third-order valence-corrected chi connectivity index (χ3v) is 3.03. The van der Waals surface area contributed by atoms with Gasteiger partial charge in [0.05, 0.1) is 16.8 Å². The number of hydrogen-bond acceptors (Lipinski definition) is 4. The van der Waals surface area contributed by atoms with E-state index < -0.39 is 18.7 Å². The average molecular weight is 302 g/mol. The molecule has 114 valence electrons. The molecular weight excluding hydrogens is 289 g/mol. The van der Waals surface area contributed by atoms with Crippen LogP contribution >= 0.6 is 0 Å². The SMILES string of the molecule is Cc1nn(C)c2ncc(C(=O)O)c(N(C)CC(F)(F)F)c12. The molecule has 6 nitrogen and oxygen atoms in total. The molecule has 0 amide bonds. The van der Waals surface area contributed by atoms with Gasteiger partial charge in [0, 0.05) is 20.3 Å². The highest BCUT2D eigenvalue weighted by Gasteiger charge is 2.32. The molecule has 0 saturated carbocycles. The molecule has 2 heterocycles. The molecule has 0 aliphatic heterocycles. The summed E-state index contributed by atoms with van der Waals surface area (Å²) < 4.78 is 39.2. The molecule has 0 radical (unpaired) electrons. The maximum Gasteiger partial charge on any atom is 0.405 e. The van der Waals surface area contributed by atoms with Crippen molar-refractivity contribution in [3.63, 3.8) is 0 Å². The largest absolute Gasteiger partial charge is 0.478 e. The van der Waals surface area contributed by atoms with Crippen molar-refractivity contribution in [3.05, 3.63) is 17.5 Å². The molecular formula is C12H13F3N4O2. The summed E-state index contributed by atoms with van der Waals surface area (Å²) >= 11 is 0. The van der Waals surface area contributed by atoms with Crippen LogP contribution in [0.5, 0.6) is 0 Å². The summed E-state index contributed by atoms with van der Waals surface area (Å²) in [6, 6.07) is 0. The van der Waals surface area contributed by atoms with Gasteiger partial charge in [-0.3, -0.25) is 4.68 Å². The number of rotatable bonds is 3. The number of halogens is 3. The molecule has 0 bridgehead atoms. The molecule has 0 fully saturated rings. The number of nitrogens with zero attached hydrogens (tertiary/aromatic N) is 4. The molecule has 0 aliphatic rings. The Balaban J connectivity index is 2.73. The summed E-state index contributed by atoms with van der Waals surface area (Å²) in [7, 11) is 2.79. The van der Waals surface area contributed by atoms with Gasteiger partial charge in [-0.2, -0.15) is 18.3 Å². The van der Waals surface area contributed by atoms with E-state index in [-0.39, 0.29) is 11.3 Å². The van der Waals surface area contributed by atoms with Gasteiger partial charge in [-0.25, -0.2) is 9.78 Å². The van der Waals surface area contributed by atoms with Crippen LogP contribution < -0.4 is 4.90 Å². The number of aromatic carboxylic acids is 1. The quantitative estimate of drug-likeness (QED) is 0.938. The molecule has 0 spiro atoms. The number of aromatic nitrogens is 3. The van der Waals surface area contributed by atoms with Crippen molar-refractivity contribution in [3.8, 4) is 0 Å². The first kappa shape index (κ1) is 15.1. The van der Waals surface area contributed by atoms with Crippen LogP contribution in [0.2, 0.25) is 0 Å². The Hall–Kier alpha value is -2.32. The van der Waals surface area contributed by atoms with Crippen LogP contribution in [0.25, 0.3) is 11.0 Å². The number of carboxylic acid groups (broad SMARTS) is 1. The normalized spacial score (nSPS) is 11.9. The van der Waals surface area contributed by atoms with Crippen LogP contribution in [0.1, 0.15) is 16.1 Å². The number of anilines is 1. The highest BCUT2D eigenvalue weighted by Crippen LogP contribution is 2.32. The van der Waals surface area contributed by atoms with Gasteiger partial charge < -0.3 is 10.0 Å². The van der Waals surface area contributed by atoms with Crippen molar-refractivity contribution in [2.24, 2.45) is 7.05 Å². The molecule has 1 N–H and O–H groups in total. The van der Waals surface area contributed by atoms with Crippen molar-refractivity contribution in [1.82, 2.24) is 14.8 Å². The van der Waals surface area contributed by atoms with Gasteiger partial charge in [-0.1, -0.05) is 0 Å². The Morgan fingerprint density at radius 2 is 2.10 bits per heavy atom. The summed E-state index contributed by atoms with van der Waals surface area (Å²) in [5.74, 6) is -1.34. The Labute approximate surface area is 117 Å². The Bertz CT molecular complexity index is 709. The van der Waals surface area contributed by atoms with Crippen LogP contribution in [0, 0.1) is 6.92 Å². The molecule has 0 aliphatic carbocycles. The third-order valence-electron chi connectivity index (χ3n) is 3.03. The topological polar surface area (TPSA) is 71.2 Å². The summed E-state index contributed by atoms with van der Waals surface area (Å²) in [4.78, 5) is 16.1. The molecule has 0 aromatic carbocycles. The van der Waals surface area contributed by atoms with Crippen LogP contribution in [-0.2, 0) is 7.05 Å². The number of fused-ring (bicyclic) bond motifs is 1. The summed E-state index contributed by atoms with van der Waals surface area (Å²) in [5.41, 5.74) is 0.439. The predicted molar refractivity (Wildman–Crippen MR) is 69.5 cm³/mol. The highest BCUT2D eigenvalue weighted by atomic mass is 19.4. The van der Waals surface area contributed by atoms with Crippen molar-refractivity contribution in [2.45, 2.75) is 13.1 Å². The maximum atomic E-state index is 12.6. The number of pyridine rings is 1. The summed E-state index contributed by atoms with van der Waals surface area (Å²) in [6.07, 6.45) is -3.40. The molecule has 21 heavy (non-hydrogen) atoms. The van der Waals surface area contributed by atoms with E-state index in [1.807, 2.05) is 0 Å². The number of carboxylic acids is 1. The smallest absolute Gasteiger partial charge is 0.405 e. The highest BCUT2D eigenvalue weighted by molar-refractivity contribution is 6.04. The van der Waals surface area contributed by atoms with Crippen LogP contribution in [0.15, 0.2) is 6.20 Å². The lowest BCUT2D eigenvalue weighted by Crippen LogP contribution is -2.32. The molecule has 0 unspecified atom stereocenters. The second-order valence-electron chi connectivity index (χ2n) is 4.70. The van der Waals surface area contributed by atoms with Gasteiger partial charge in [-0.05, 0) is 6.92 Å². The fourth-order valence-corrected chi connectivity index (χ4v) is 2.29. The zero-order chi connectivity index (χ0) is 15.9. The Morgan fingerprint density at radius 1 is 1.48 bits per heavy atom. The zero-order valence-electron chi connectivity index (χ0n) is 11.6. The summed E-state index contributed by atoms with van der Waals surface area (Å²) in [5, 5.41) is 13.6. The van der Waals surface area contributed by atoms with E-state index in [9.17, 15) is 23.1 Å². The molecule has 2 aromatic rings. The monoisotopic (exact) mass is 302 g/mol. The second kappa shape index (κ2) is 4.90. The predicted octanol–water partition coefficient (Wildman–Crippen LogP) is 1.97. The van der Waals surface area contributed by atoms with Crippen molar-refractivity contribution < 1.29 is 23.1 Å². The fourth-order valence-electron chi connectivity index (χ4n) is 2.29. The number of hydrogen-bond donors (Lipinski definition) is 1. The lowest BCUT2D eigenvalue weighted by Gasteiger charge is -2.23. The fraction of sp³-hybridized carbons (Fsp3) is 0.417. The van der Waals surface area contributed by atoms with E-state index in [2.05, 4.69) is 10.1 Å². The van der Waals surface area contributed by atoms with Gasteiger partial charge in [0.25, 0.3) is 0 Å². The number of aryl methyl sites for hydroxylation is 2. The first-order valence-electron chi connectivity index (χ1n) is 5.95. The number of alkyl halides is 3. The van der Waals surface area contributed by atoms with Gasteiger partial charge in [0.15, 0.2) is 5.65 Å². The number of carbonyl (C=O) groups is 1. The van der Waals surface area contributed by atoms with Gasteiger partial charge in [0.2, 0.25) is 0 Å². The van der Waals surface area contributed by atoms with Crippen LogP contribution in [0.3, 0.4) is 0 Å². The van der Waals surface area contributed by atoms with Gasteiger partial charge in [-0.15, -0.1) is 0 Å². The molecule has 2 rings (SSSR count). The van der Waals surface area contributed by atoms with Gasteiger partial charge >= 0.3 is 12.1 Å².